The molecule has 1 saturated heterocycles. The first kappa shape index (κ1) is 47.4. The van der Waals surface area contributed by atoms with E-state index in [0.29, 0.717) is 24.1 Å². The van der Waals surface area contributed by atoms with E-state index < -0.39 is 53.6 Å². The van der Waals surface area contributed by atoms with Crippen LogP contribution in [0.5, 0.6) is 0 Å². The molecule has 6 rings (SSSR count). The fraction of sp³-hybridized carbons (Fsp3) is 0.300. The van der Waals surface area contributed by atoms with Crippen molar-refractivity contribution in [2.75, 3.05) is 25.0 Å². The van der Waals surface area contributed by atoms with Crippen molar-refractivity contribution >= 4 is 58.4 Å². The van der Waals surface area contributed by atoms with Gasteiger partial charge in [-0.15, -0.1) is 11.3 Å². The third kappa shape index (κ3) is 14.7. The van der Waals surface area contributed by atoms with Gasteiger partial charge in [0.05, 0.1) is 12.5 Å². The zero-order chi connectivity index (χ0) is 46.1. The first-order valence-corrected chi connectivity index (χ1v) is 22.5. The average Bonchev–Trinajstić information content (AvgIpc) is 3.84. The molecule has 0 bridgehead atoms. The number of aliphatic carboxylic acids is 1. The van der Waals surface area contributed by atoms with Gasteiger partial charge in [-0.2, -0.15) is 0 Å². The number of amides is 6. The van der Waals surface area contributed by atoms with Crippen LogP contribution in [0.1, 0.15) is 47.3 Å². The third-order valence-corrected chi connectivity index (χ3v) is 12.1. The minimum absolute atomic E-state index is 0.0238. The molecule has 0 radical (unpaired) electrons. The van der Waals surface area contributed by atoms with E-state index in [1.165, 1.54) is 16.2 Å². The number of rotatable bonds is 20. The van der Waals surface area contributed by atoms with Crippen molar-refractivity contribution in [2.45, 2.75) is 70.0 Å². The monoisotopic (exact) mass is 898 g/mol. The molecule has 1 fully saturated rings. The van der Waals surface area contributed by atoms with E-state index >= 15 is 0 Å². The van der Waals surface area contributed by atoms with Gasteiger partial charge in [0.15, 0.2) is 0 Å². The third-order valence-electron chi connectivity index (χ3n) is 11.2. The molecular formula is C50H54N6O8S. The summed E-state index contributed by atoms with van der Waals surface area (Å²) in [7, 11) is 0. The topological polar surface area (TPSA) is 203 Å². The summed E-state index contributed by atoms with van der Waals surface area (Å²) in [5.74, 6) is -4.63. The molecule has 1 aliphatic rings. The predicted octanol–water partition coefficient (Wildman–Crippen LogP) is 5.06. The number of hydrogen-bond acceptors (Lipinski definition) is 8. The number of carboxylic acids is 1. The van der Waals surface area contributed by atoms with Crippen LogP contribution < -0.4 is 26.6 Å². The van der Waals surface area contributed by atoms with Crippen molar-refractivity contribution in [2.24, 2.45) is 5.92 Å². The molecule has 5 aromatic rings. The second-order valence-electron chi connectivity index (χ2n) is 16.1. The summed E-state index contributed by atoms with van der Waals surface area (Å²) in [5.41, 5.74) is 5.03. The number of piperidine rings is 1. The highest BCUT2D eigenvalue weighted by Crippen LogP contribution is 2.21. The molecular weight excluding hydrogens is 845 g/mol. The van der Waals surface area contributed by atoms with Crippen molar-refractivity contribution in [3.8, 4) is 11.1 Å². The quantitative estimate of drug-likeness (QED) is 0.0622. The lowest BCUT2D eigenvalue weighted by atomic mass is 9.97. The highest BCUT2D eigenvalue weighted by molar-refractivity contribution is 7.09. The lowest BCUT2D eigenvalue weighted by Gasteiger charge is -2.30. The highest BCUT2D eigenvalue weighted by Gasteiger charge is 2.32. The minimum atomic E-state index is -1.23. The van der Waals surface area contributed by atoms with Crippen LogP contribution in [-0.2, 0) is 52.8 Å². The van der Waals surface area contributed by atoms with Crippen molar-refractivity contribution in [1.82, 2.24) is 26.2 Å². The van der Waals surface area contributed by atoms with Crippen LogP contribution >= 0.6 is 11.3 Å². The maximum Gasteiger partial charge on any atom is 0.306 e. The molecule has 338 valence electrons. The molecule has 15 heteroatoms. The maximum atomic E-state index is 14.5. The highest BCUT2D eigenvalue weighted by atomic mass is 32.1. The number of thiophene rings is 1. The van der Waals surface area contributed by atoms with Gasteiger partial charge in [0.25, 0.3) is 0 Å². The van der Waals surface area contributed by atoms with Crippen molar-refractivity contribution in [1.29, 1.82) is 0 Å². The van der Waals surface area contributed by atoms with Gasteiger partial charge >= 0.3 is 5.97 Å². The summed E-state index contributed by atoms with van der Waals surface area (Å²) in [5, 5.41) is 25.2. The van der Waals surface area contributed by atoms with E-state index in [4.69, 9.17) is 0 Å². The Morgan fingerprint density at radius 2 is 1.17 bits per heavy atom. The maximum absolute atomic E-state index is 14.5. The largest absolute Gasteiger partial charge is 0.481 e. The van der Waals surface area contributed by atoms with Crippen molar-refractivity contribution in [3.63, 3.8) is 0 Å². The summed E-state index contributed by atoms with van der Waals surface area (Å²) in [6, 6.07) is 33.8. The summed E-state index contributed by atoms with van der Waals surface area (Å²) in [4.78, 5) is 95.6. The fourth-order valence-electron chi connectivity index (χ4n) is 7.48. The summed E-state index contributed by atoms with van der Waals surface area (Å²) >= 11 is 1.40. The zero-order valence-electron chi connectivity index (χ0n) is 36.2. The number of carbonyl (C=O) groups is 7. The van der Waals surface area contributed by atoms with Crippen LogP contribution in [0.25, 0.3) is 11.1 Å². The fourth-order valence-corrected chi connectivity index (χ4v) is 8.23. The molecule has 3 atom stereocenters. The van der Waals surface area contributed by atoms with Gasteiger partial charge in [0.1, 0.15) is 18.1 Å². The summed E-state index contributed by atoms with van der Waals surface area (Å²) < 4.78 is 0. The van der Waals surface area contributed by atoms with E-state index in [0.717, 1.165) is 27.1 Å². The predicted molar refractivity (Wildman–Crippen MR) is 249 cm³/mol. The van der Waals surface area contributed by atoms with Gasteiger partial charge in [-0.25, -0.2) is 0 Å². The molecule has 14 nitrogen and oxygen atoms in total. The van der Waals surface area contributed by atoms with Gasteiger partial charge in [-0.3, -0.25) is 33.6 Å². The minimum Gasteiger partial charge on any atom is -0.481 e. The van der Waals surface area contributed by atoms with Crippen LogP contribution in [0.2, 0.25) is 0 Å². The van der Waals surface area contributed by atoms with Gasteiger partial charge in [0, 0.05) is 55.8 Å². The molecule has 6 N–H and O–H groups in total. The summed E-state index contributed by atoms with van der Waals surface area (Å²) in [6.45, 7) is 2.08. The molecule has 2 heterocycles. The number of carboxylic acid groups (broad SMARTS) is 1. The normalized spacial score (nSPS) is 14.0. The van der Waals surface area contributed by atoms with Crippen LogP contribution in [0, 0.1) is 12.8 Å². The zero-order valence-corrected chi connectivity index (χ0v) is 37.0. The van der Waals surface area contributed by atoms with E-state index in [9.17, 15) is 38.7 Å². The second-order valence-corrected chi connectivity index (χ2v) is 17.1. The number of nitrogens with one attached hydrogen (secondary N) is 5. The van der Waals surface area contributed by atoms with Gasteiger partial charge in [-0.05, 0) is 65.6 Å². The number of carbonyl (C=O) groups excluding carboxylic acids is 6. The molecule has 0 aliphatic carbocycles. The molecule has 4 aromatic carbocycles. The molecule has 65 heavy (non-hydrogen) atoms. The first-order chi connectivity index (χ1) is 31.4. The Balaban J connectivity index is 1.19. The Morgan fingerprint density at radius 1 is 0.615 bits per heavy atom. The molecule has 0 unspecified atom stereocenters. The number of benzene rings is 4. The average molecular weight is 899 g/mol. The van der Waals surface area contributed by atoms with Crippen molar-refractivity contribution < 1.29 is 38.7 Å². The lowest BCUT2D eigenvalue weighted by Crippen LogP contribution is -2.58. The number of hydrogen-bond donors (Lipinski definition) is 6. The van der Waals surface area contributed by atoms with Crippen LogP contribution in [0.4, 0.5) is 5.69 Å². The number of anilines is 1. The first-order valence-electron chi connectivity index (χ1n) is 21.7. The number of aryl methyl sites for hydroxylation is 1. The number of nitrogens with zero attached hydrogens (tertiary/aromatic N) is 1. The Kier molecular flexibility index (Phi) is 17.1. The number of likely N-dealkylation sites (tertiary alicyclic amines) is 1. The van der Waals surface area contributed by atoms with Crippen LogP contribution in [0.3, 0.4) is 0 Å². The molecule has 1 aliphatic heterocycles. The standard InChI is InChI=1S/C50H54N6O8S/c1-33-14-20-39(21-15-33)52-44(57)22-23-45(58)53-43(31-40-13-8-28-65-40)49(62)55-42(30-35-16-18-37(19-17-35)36-11-6-3-7-12-36)48(61)54-41(29-34-9-4-2-5-10-34)47(60)51-32-46(59)56-26-24-38(25-27-56)50(63)64/h2-21,28,38,41-43H,22-27,29-32H2,1H3,(H,51,60)(H,52,57)(H,53,58)(H,54,61)(H,55,62)(H,63,64)/t41-,42+,43-/m1/s1. The van der Waals surface area contributed by atoms with Crippen LogP contribution in [0.15, 0.2) is 127 Å². The summed E-state index contributed by atoms with van der Waals surface area (Å²) in [6.07, 6.45) is 0.514. The Morgan fingerprint density at radius 3 is 1.77 bits per heavy atom. The van der Waals surface area contributed by atoms with E-state index in [2.05, 4.69) is 26.6 Å². The molecule has 6 amide bonds. The van der Waals surface area contributed by atoms with Gasteiger partial charge in [-0.1, -0.05) is 109 Å². The Labute approximate surface area is 382 Å². The van der Waals surface area contributed by atoms with Gasteiger partial charge in [0.2, 0.25) is 35.4 Å². The van der Waals surface area contributed by atoms with E-state index in [1.54, 1.807) is 24.3 Å². The van der Waals surface area contributed by atoms with E-state index in [1.807, 2.05) is 109 Å². The molecule has 0 saturated carbocycles. The van der Waals surface area contributed by atoms with Gasteiger partial charge < -0.3 is 36.6 Å². The lowest BCUT2D eigenvalue weighted by molar-refractivity contribution is -0.145. The Bertz CT molecular complexity index is 2390. The van der Waals surface area contributed by atoms with Crippen LogP contribution in [-0.4, -0.2) is 89.2 Å². The van der Waals surface area contributed by atoms with Crippen molar-refractivity contribution in [3.05, 3.63) is 148 Å². The SMILES string of the molecule is Cc1ccc(NC(=O)CCC(=O)N[C@H](Cc2cccs2)C(=O)N[C@@H](Cc2ccc(-c3ccccc3)cc2)C(=O)N[C@H](Cc2ccccc2)C(=O)NCC(=O)N2CCC(C(=O)O)CC2)cc1. The second kappa shape index (κ2) is 23.5. The molecule has 1 aromatic heterocycles. The smallest absolute Gasteiger partial charge is 0.306 e. The molecule has 0 spiro atoms. The Hall–Kier alpha value is -7.13. The van der Waals surface area contributed by atoms with E-state index in [-0.39, 0.29) is 63.6 Å².